The molecule has 1 N–H and O–H groups in total. The molecule has 0 saturated carbocycles. The van der Waals surface area contributed by atoms with Crippen LogP contribution in [-0.2, 0) is 11.3 Å². The summed E-state index contributed by atoms with van der Waals surface area (Å²) < 4.78 is 1.81. The molecule has 5 heteroatoms. The molecule has 0 aliphatic carbocycles. The molecule has 2 aliphatic heterocycles. The fraction of sp³-hybridized carbons (Fsp3) is 0.692. The Kier molecular flexibility index (Phi) is 2.86. The molecule has 1 aromatic rings. The minimum absolute atomic E-state index is 0.204. The first-order valence-corrected chi connectivity index (χ1v) is 6.63. The predicted octanol–water partition coefficient (Wildman–Crippen LogP) is 0.178. The third-order valence-electron chi connectivity index (χ3n) is 4.13. The van der Waals surface area contributed by atoms with Crippen LogP contribution in [0.3, 0.4) is 0 Å². The summed E-state index contributed by atoms with van der Waals surface area (Å²) in [6, 6.07) is 2.01. The van der Waals surface area contributed by atoms with Crippen molar-refractivity contribution < 1.29 is 4.79 Å². The Bertz CT molecular complexity index is 456. The van der Waals surface area contributed by atoms with E-state index in [9.17, 15) is 4.79 Å². The molecular formula is C13H20N4O. The summed E-state index contributed by atoms with van der Waals surface area (Å²) >= 11 is 0. The normalized spacial score (nSPS) is 26.7. The second-order valence-electron chi connectivity index (χ2n) is 5.56. The summed E-state index contributed by atoms with van der Waals surface area (Å²) in [5.41, 5.74) is 2.03. The molecule has 2 aliphatic rings. The third kappa shape index (κ3) is 2.03. The third-order valence-corrected chi connectivity index (χ3v) is 4.13. The van der Waals surface area contributed by atoms with E-state index in [1.165, 1.54) is 0 Å². The van der Waals surface area contributed by atoms with E-state index >= 15 is 0 Å². The van der Waals surface area contributed by atoms with Gasteiger partial charge in [0.15, 0.2) is 0 Å². The standard InChI is InChI=1S/C13H20N4O/c1-9-3-10(2)17(15-9)8-13(18)16-6-11-4-14-5-12(11)7-16/h3,11-12,14H,4-8H2,1-2H3/t11-,12+. The maximum absolute atomic E-state index is 12.3. The van der Waals surface area contributed by atoms with Gasteiger partial charge in [-0.05, 0) is 31.7 Å². The quantitative estimate of drug-likeness (QED) is 0.812. The van der Waals surface area contributed by atoms with Gasteiger partial charge in [-0.3, -0.25) is 9.48 Å². The van der Waals surface area contributed by atoms with Gasteiger partial charge in [0.25, 0.3) is 0 Å². The Hall–Kier alpha value is -1.36. The van der Waals surface area contributed by atoms with Crippen LogP contribution in [0.25, 0.3) is 0 Å². The Labute approximate surface area is 107 Å². The van der Waals surface area contributed by atoms with E-state index in [4.69, 9.17) is 0 Å². The number of amides is 1. The van der Waals surface area contributed by atoms with E-state index < -0.39 is 0 Å². The fourth-order valence-electron chi connectivity index (χ4n) is 3.12. The summed E-state index contributed by atoms with van der Waals surface area (Å²) in [6.45, 7) is 8.29. The molecular weight excluding hydrogens is 228 g/mol. The summed E-state index contributed by atoms with van der Waals surface area (Å²) in [6.07, 6.45) is 0. The van der Waals surface area contributed by atoms with Gasteiger partial charge in [-0.1, -0.05) is 0 Å². The van der Waals surface area contributed by atoms with Crippen molar-refractivity contribution in [2.45, 2.75) is 20.4 Å². The van der Waals surface area contributed by atoms with Crippen molar-refractivity contribution in [2.24, 2.45) is 11.8 Å². The number of aryl methyl sites for hydroxylation is 2. The van der Waals surface area contributed by atoms with Gasteiger partial charge in [0, 0.05) is 31.9 Å². The molecule has 3 heterocycles. The largest absolute Gasteiger partial charge is 0.340 e. The Morgan fingerprint density at radius 1 is 1.39 bits per heavy atom. The Balaban J connectivity index is 1.64. The first kappa shape index (κ1) is 11.7. The second-order valence-corrected chi connectivity index (χ2v) is 5.56. The lowest BCUT2D eigenvalue weighted by Crippen LogP contribution is -2.34. The highest BCUT2D eigenvalue weighted by atomic mass is 16.2. The molecule has 3 rings (SSSR count). The van der Waals surface area contributed by atoms with Crippen LogP contribution < -0.4 is 5.32 Å². The van der Waals surface area contributed by atoms with E-state index in [0.717, 1.165) is 37.6 Å². The topological polar surface area (TPSA) is 50.2 Å². The average molecular weight is 248 g/mol. The highest BCUT2D eigenvalue weighted by Crippen LogP contribution is 2.26. The molecule has 2 fully saturated rings. The van der Waals surface area contributed by atoms with E-state index in [-0.39, 0.29) is 5.91 Å². The maximum Gasteiger partial charge on any atom is 0.244 e. The van der Waals surface area contributed by atoms with Crippen molar-refractivity contribution in [1.29, 1.82) is 0 Å². The second kappa shape index (κ2) is 4.39. The fourth-order valence-corrected chi connectivity index (χ4v) is 3.12. The Morgan fingerprint density at radius 2 is 2.06 bits per heavy atom. The van der Waals surface area contributed by atoms with Crippen LogP contribution in [0, 0.1) is 25.7 Å². The molecule has 18 heavy (non-hydrogen) atoms. The van der Waals surface area contributed by atoms with Crippen LogP contribution in [-0.4, -0.2) is 46.8 Å². The molecule has 1 amide bonds. The summed E-state index contributed by atoms with van der Waals surface area (Å²) in [7, 11) is 0. The zero-order chi connectivity index (χ0) is 12.7. The molecule has 0 radical (unpaired) electrons. The molecule has 5 nitrogen and oxygen atoms in total. The van der Waals surface area contributed by atoms with Gasteiger partial charge < -0.3 is 10.2 Å². The zero-order valence-electron chi connectivity index (χ0n) is 11.0. The van der Waals surface area contributed by atoms with Gasteiger partial charge in [0.2, 0.25) is 5.91 Å². The first-order chi connectivity index (χ1) is 8.63. The molecule has 0 aromatic carbocycles. The number of nitrogens with one attached hydrogen (secondary N) is 1. The number of aromatic nitrogens is 2. The number of carbonyl (C=O) groups excluding carboxylic acids is 1. The van der Waals surface area contributed by atoms with Gasteiger partial charge in [0.05, 0.1) is 5.69 Å². The molecule has 0 unspecified atom stereocenters. The smallest absolute Gasteiger partial charge is 0.244 e. The summed E-state index contributed by atoms with van der Waals surface area (Å²) in [5.74, 6) is 1.53. The van der Waals surface area contributed by atoms with Gasteiger partial charge >= 0.3 is 0 Å². The van der Waals surface area contributed by atoms with Crippen molar-refractivity contribution >= 4 is 5.91 Å². The van der Waals surface area contributed by atoms with Crippen LogP contribution in [0.4, 0.5) is 0 Å². The lowest BCUT2D eigenvalue weighted by Gasteiger charge is -2.17. The minimum Gasteiger partial charge on any atom is -0.340 e. The van der Waals surface area contributed by atoms with Crippen LogP contribution in [0.1, 0.15) is 11.4 Å². The SMILES string of the molecule is Cc1cc(C)n(CC(=O)N2C[C@H]3CNC[C@H]3C2)n1. The van der Waals surface area contributed by atoms with Crippen molar-refractivity contribution in [3.05, 3.63) is 17.5 Å². The van der Waals surface area contributed by atoms with Gasteiger partial charge in [-0.2, -0.15) is 5.10 Å². The lowest BCUT2D eigenvalue weighted by atomic mass is 10.0. The van der Waals surface area contributed by atoms with E-state index in [0.29, 0.717) is 18.4 Å². The van der Waals surface area contributed by atoms with Gasteiger partial charge in [-0.25, -0.2) is 0 Å². The zero-order valence-corrected chi connectivity index (χ0v) is 11.0. The Morgan fingerprint density at radius 3 is 2.61 bits per heavy atom. The van der Waals surface area contributed by atoms with Gasteiger partial charge in [0.1, 0.15) is 6.54 Å². The van der Waals surface area contributed by atoms with Crippen molar-refractivity contribution in [2.75, 3.05) is 26.2 Å². The molecule has 98 valence electrons. The number of rotatable bonds is 2. The predicted molar refractivity (Wildman–Crippen MR) is 68.1 cm³/mol. The van der Waals surface area contributed by atoms with Crippen LogP contribution in [0.2, 0.25) is 0 Å². The van der Waals surface area contributed by atoms with Crippen molar-refractivity contribution in [1.82, 2.24) is 20.0 Å². The van der Waals surface area contributed by atoms with E-state index in [1.807, 2.05) is 29.5 Å². The number of hydrogen-bond donors (Lipinski definition) is 1. The minimum atomic E-state index is 0.204. The highest BCUT2D eigenvalue weighted by molar-refractivity contribution is 5.76. The van der Waals surface area contributed by atoms with Crippen LogP contribution in [0.15, 0.2) is 6.07 Å². The van der Waals surface area contributed by atoms with Crippen LogP contribution in [0.5, 0.6) is 0 Å². The van der Waals surface area contributed by atoms with Crippen molar-refractivity contribution in [3.8, 4) is 0 Å². The molecule has 2 saturated heterocycles. The molecule has 0 spiro atoms. The van der Waals surface area contributed by atoms with Gasteiger partial charge in [-0.15, -0.1) is 0 Å². The average Bonchev–Trinajstić information content (AvgIpc) is 2.93. The van der Waals surface area contributed by atoms with Crippen molar-refractivity contribution in [3.63, 3.8) is 0 Å². The number of likely N-dealkylation sites (tertiary alicyclic amines) is 1. The monoisotopic (exact) mass is 248 g/mol. The lowest BCUT2D eigenvalue weighted by molar-refractivity contribution is -0.131. The number of nitrogens with zero attached hydrogens (tertiary/aromatic N) is 3. The number of carbonyl (C=O) groups is 1. The molecule has 0 bridgehead atoms. The first-order valence-electron chi connectivity index (χ1n) is 6.63. The van der Waals surface area contributed by atoms with E-state index in [2.05, 4.69) is 10.4 Å². The van der Waals surface area contributed by atoms with Crippen LogP contribution >= 0.6 is 0 Å². The summed E-state index contributed by atoms with van der Waals surface area (Å²) in [5, 5.41) is 7.74. The maximum atomic E-state index is 12.3. The molecule has 1 aromatic heterocycles. The molecule has 2 atom stereocenters. The number of fused-ring (bicyclic) bond motifs is 1. The van der Waals surface area contributed by atoms with E-state index in [1.54, 1.807) is 0 Å². The number of hydrogen-bond acceptors (Lipinski definition) is 3. The highest BCUT2D eigenvalue weighted by Gasteiger charge is 2.37. The summed E-state index contributed by atoms with van der Waals surface area (Å²) in [4.78, 5) is 14.3.